The molecule has 0 radical (unpaired) electrons. The largest absolute Gasteiger partial charge is 0.369 e. The van der Waals surface area contributed by atoms with Crippen LogP contribution >= 0.6 is 0 Å². The molecule has 0 atom stereocenters. The molecule has 9 heteroatoms. The Bertz CT molecular complexity index is 1020. The smallest absolute Gasteiger partial charge is 0.256 e. The molecule has 2 aliphatic heterocycles. The molecule has 2 saturated heterocycles. The normalized spacial score (nSPS) is 17.6. The molecule has 3 heterocycles. The van der Waals surface area contributed by atoms with E-state index in [2.05, 4.69) is 4.98 Å². The number of aromatic amines is 1. The Labute approximate surface area is 186 Å². The van der Waals surface area contributed by atoms with Gasteiger partial charge in [0.2, 0.25) is 17.7 Å². The highest BCUT2D eigenvalue weighted by molar-refractivity contribution is 6.06. The zero-order chi connectivity index (χ0) is 22.7. The Morgan fingerprint density at radius 2 is 1.41 bits per heavy atom. The summed E-state index contributed by atoms with van der Waals surface area (Å²) in [4.78, 5) is 57.5. The number of hydrogen-bond donors (Lipinski definition) is 2. The summed E-state index contributed by atoms with van der Waals surface area (Å²) in [6.07, 6.45) is 3.23. The SMILES string of the molecule is NC(=O)C1CCN(C(=O)CCC(=O)N2CCN(C(=O)c3c[nH]c4ccccc34)CC2)CC1. The van der Waals surface area contributed by atoms with E-state index in [0.29, 0.717) is 57.7 Å². The summed E-state index contributed by atoms with van der Waals surface area (Å²) in [5.41, 5.74) is 6.90. The quantitative estimate of drug-likeness (QED) is 0.721. The molecule has 0 bridgehead atoms. The number of hydrogen-bond acceptors (Lipinski definition) is 4. The Hall–Kier alpha value is -3.36. The van der Waals surface area contributed by atoms with Gasteiger partial charge in [-0.1, -0.05) is 18.2 Å². The van der Waals surface area contributed by atoms with Crippen LogP contribution in [0.3, 0.4) is 0 Å². The van der Waals surface area contributed by atoms with Crippen molar-refractivity contribution in [1.82, 2.24) is 19.7 Å². The van der Waals surface area contributed by atoms with E-state index in [4.69, 9.17) is 5.73 Å². The van der Waals surface area contributed by atoms with Crippen molar-refractivity contribution in [2.45, 2.75) is 25.7 Å². The number of benzene rings is 1. The van der Waals surface area contributed by atoms with Crippen LogP contribution in [0.15, 0.2) is 30.5 Å². The number of aromatic nitrogens is 1. The van der Waals surface area contributed by atoms with Gasteiger partial charge in [-0.3, -0.25) is 19.2 Å². The van der Waals surface area contributed by atoms with Crippen molar-refractivity contribution in [3.8, 4) is 0 Å². The number of piperidine rings is 1. The molecule has 170 valence electrons. The van der Waals surface area contributed by atoms with Gasteiger partial charge in [-0.05, 0) is 18.9 Å². The van der Waals surface area contributed by atoms with Crippen molar-refractivity contribution < 1.29 is 19.2 Å². The van der Waals surface area contributed by atoms with Gasteiger partial charge in [0.15, 0.2) is 0 Å². The van der Waals surface area contributed by atoms with Gasteiger partial charge in [0, 0.05) is 75.1 Å². The molecular formula is C23H29N5O4. The van der Waals surface area contributed by atoms with Gasteiger partial charge >= 0.3 is 0 Å². The number of primary amides is 1. The summed E-state index contributed by atoms with van der Waals surface area (Å²) in [6, 6.07) is 7.69. The van der Waals surface area contributed by atoms with Gasteiger partial charge in [-0.2, -0.15) is 0 Å². The van der Waals surface area contributed by atoms with Crippen LogP contribution in [0.2, 0.25) is 0 Å². The average Bonchev–Trinajstić information content (AvgIpc) is 3.26. The van der Waals surface area contributed by atoms with Crippen molar-refractivity contribution in [2.24, 2.45) is 11.7 Å². The number of rotatable bonds is 5. The van der Waals surface area contributed by atoms with Crippen LogP contribution in [0.25, 0.3) is 10.9 Å². The molecule has 2 aliphatic rings. The molecule has 2 aromatic rings. The number of carbonyl (C=O) groups is 4. The zero-order valence-electron chi connectivity index (χ0n) is 18.1. The predicted molar refractivity (Wildman–Crippen MR) is 119 cm³/mol. The molecule has 4 amide bonds. The van der Waals surface area contributed by atoms with E-state index in [1.54, 1.807) is 20.9 Å². The second-order valence-electron chi connectivity index (χ2n) is 8.48. The van der Waals surface area contributed by atoms with E-state index in [0.717, 1.165) is 10.9 Å². The Kier molecular flexibility index (Phi) is 6.43. The number of amides is 4. The van der Waals surface area contributed by atoms with Gasteiger partial charge < -0.3 is 25.4 Å². The maximum Gasteiger partial charge on any atom is 0.256 e. The first-order chi connectivity index (χ1) is 15.4. The number of H-pyrrole nitrogens is 1. The second-order valence-corrected chi connectivity index (χ2v) is 8.48. The highest BCUT2D eigenvalue weighted by atomic mass is 16.2. The van der Waals surface area contributed by atoms with Crippen molar-refractivity contribution in [3.63, 3.8) is 0 Å². The maximum absolute atomic E-state index is 12.9. The van der Waals surface area contributed by atoms with E-state index in [9.17, 15) is 19.2 Å². The number of carbonyl (C=O) groups excluding carboxylic acids is 4. The van der Waals surface area contributed by atoms with Gasteiger partial charge in [0.05, 0.1) is 5.56 Å². The monoisotopic (exact) mass is 439 g/mol. The van der Waals surface area contributed by atoms with Crippen LogP contribution in [0.5, 0.6) is 0 Å². The van der Waals surface area contributed by atoms with Crippen molar-refractivity contribution in [1.29, 1.82) is 0 Å². The van der Waals surface area contributed by atoms with Crippen molar-refractivity contribution in [2.75, 3.05) is 39.3 Å². The number of nitrogens with one attached hydrogen (secondary N) is 1. The van der Waals surface area contributed by atoms with E-state index in [1.807, 2.05) is 24.3 Å². The minimum absolute atomic E-state index is 0.0379. The van der Waals surface area contributed by atoms with Gasteiger partial charge in [-0.15, -0.1) is 0 Å². The molecule has 32 heavy (non-hydrogen) atoms. The van der Waals surface area contributed by atoms with E-state index in [1.165, 1.54) is 0 Å². The Morgan fingerprint density at radius 3 is 2.03 bits per heavy atom. The number of piperazine rings is 1. The van der Waals surface area contributed by atoms with E-state index < -0.39 is 0 Å². The fraction of sp³-hybridized carbons (Fsp3) is 0.478. The first-order valence-corrected chi connectivity index (χ1v) is 11.1. The zero-order valence-corrected chi connectivity index (χ0v) is 18.1. The topological polar surface area (TPSA) is 120 Å². The van der Waals surface area contributed by atoms with Crippen LogP contribution in [0.4, 0.5) is 0 Å². The summed E-state index contributed by atoms with van der Waals surface area (Å²) in [5, 5.41) is 0.898. The van der Waals surface area contributed by atoms with Crippen LogP contribution < -0.4 is 5.73 Å². The van der Waals surface area contributed by atoms with Gasteiger partial charge in [-0.25, -0.2) is 0 Å². The number of fused-ring (bicyclic) bond motifs is 1. The molecule has 1 aromatic carbocycles. The summed E-state index contributed by atoms with van der Waals surface area (Å²) >= 11 is 0. The molecule has 3 N–H and O–H groups in total. The third kappa shape index (κ3) is 4.61. The molecule has 1 aromatic heterocycles. The lowest BCUT2D eigenvalue weighted by molar-refractivity contribution is -0.139. The van der Waals surface area contributed by atoms with Crippen LogP contribution in [-0.2, 0) is 14.4 Å². The maximum atomic E-state index is 12.9. The highest BCUT2D eigenvalue weighted by Crippen LogP contribution is 2.21. The van der Waals surface area contributed by atoms with Crippen LogP contribution in [0.1, 0.15) is 36.0 Å². The van der Waals surface area contributed by atoms with Crippen molar-refractivity contribution >= 4 is 34.5 Å². The molecule has 0 aliphatic carbocycles. The summed E-state index contributed by atoms with van der Waals surface area (Å²) < 4.78 is 0. The summed E-state index contributed by atoms with van der Waals surface area (Å²) in [7, 11) is 0. The fourth-order valence-corrected chi connectivity index (χ4v) is 4.52. The molecule has 2 fully saturated rings. The average molecular weight is 440 g/mol. The number of nitrogens with zero attached hydrogens (tertiary/aromatic N) is 3. The first-order valence-electron chi connectivity index (χ1n) is 11.1. The lowest BCUT2D eigenvalue weighted by Gasteiger charge is -2.35. The third-order valence-electron chi connectivity index (χ3n) is 6.54. The van der Waals surface area contributed by atoms with E-state index >= 15 is 0 Å². The third-order valence-corrected chi connectivity index (χ3v) is 6.54. The molecule has 0 spiro atoms. The lowest BCUT2D eigenvalue weighted by atomic mass is 9.96. The lowest BCUT2D eigenvalue weighted by Crippen LogP contribution is -2.50. The minimum Gasteiger partial charge on any atom is -0.369 e. The highest BCUT2D eigenvalue weighted by Gasteiger charge is 2.28. The van der Waals surface area contributed by atoms with Gasteiger partial charge in [0.25, 0.3) is 5.91 Å². The molecule has 9 nitrogen and oxygen atoms in total. The predicted octanol–water partition coefficient (Wildman–Crippen LogP) is 0.956. The number of nitrogens with two attached hydrogens (primary N) is 1. The van der Waals surface area contributed by atoms with Crippen LogP contribution in [-0.4, -0.2) is 82.6 Å². The molecule has 0 saturated carbocycles. The summed E-state index contributed by atoms with van der Waals surface area (Å²) in [5.74, 6) is -0.637. The Balaban J connectivity index is 1.23. The first kappa shape index (κ1) is 21.9. The molecule has 4 rings (SSSR count). The summed E-state index contributed by atoms with van der Waals surface area (Å²) in [6.45, 7) is 2.89. The van der Waals surface area contributed by atoms with Crippen molar-refractivity contribution in [3.05, 3.63) is 36.0 Å². The van der Waals surface area contributed by atoms with E-state index in [-0.39, 0.29) is 42.4 Å². The minimum atomic E-state index is -0.311. The Morgan fingerprint density at radius 1 is 0.844 bits per heavy atom. The fourth-order valence-electron chi connectivity index (χ4n) is 4.52. The molecule has 0 unspecified atom stereocenters. The standard InChI is InChI=1S/C23H29N5O4/c24-22(31)16-7-9-26(10-8-16)20(29)5-6-21(30)27-11-13-28(14-12-27)23(32)18-15-25-19-4-2-1-3-17(18)19/h1-4,15-16,25H,5-14H2,(H2,24,31). The molecular weight excluding hydrogens is 410 g/mol. The van der Waals surface area contributed by atoms with Crippen LogP contribution in [0, 0.1) is 5.92 Å². The number of likely N-dealkylation sites (tertiary alicyclic amines) is 1. The number of para-hydroxylation sites is 1. The van der Waals surface area contributed by atoms with Gasteiger partial charge in [0.1, 0.15) is 0 Å². The second kappa shape index (κ2) is 9.42.